The van der Waals surface area contributed by atoms with Gasteiger partial charge in [-0.05, 0) is 83.5 Å². The highest BCUT2D eigenvalue weighted by molar-refractivity contribution is 5.71. The monoisotopic (exact) mass is 937 g/mol. The predicted molar refractivity (Wildman–Crippen MR) is 288 cm³/mol. The van der Waals surface area contributed by atoms with Crippen molar-refractivity contribution >= 4 is 17.9 Å². The summed E-state index contributed by atoms with van der Waals surface area (Å²) in [5.74, 6) is -0.888. The number of carbonyl (C=O) groups excluding carboxylic acids is 3. The van der Waals surface area contributed by atoms with Crippen molar-refractivity contribution in [3.05, 3.63) is 60.8 Å². The van der Waals surface area contributed by atoms with E-state index in [1.54, 1.807) is 0 Å². The lowest BCUT2D eigenvalue weighted by Crippen LogP contribution is -2.30. The van der Waals surface area contributed by atoms with Crippen LogP contribution in [0.3, 0.4) is 0 Å². The minimum absolute atomic E-state index is 0.0797. The van der Waals surface area contributed by atoms with Gasteiger partial charge in [0.1, 0.15) is 13.2 Å². The van der Waals surface area contributed by atoms with E-state index >= 15 is 0 Å². The van der Waals surface area contributed by atoms with Crippen molar-refractivity contribution in [3.63, 3.8) is 0 Å². The molecular formula is C61H108O6. The smallest absolute Gasteiger partial charge is 0.306 e. The second kappa shape index (κ2) is 55.7. The molecule has 0 rings (SSSR count). The second-order valence-electron chi connectivity index (χ2n) is 19.2. The maximum atomic E-state index is 12.8. The van der Waals surface area contributed by atoms with E-state index in [0.717, 1.165) is 103 Å². The molecule has 0 saturated heterocycles. The Labute approximate surface area is 415 Å². The summed E-state index contributed by atoms with van der Waals surface area (Å²) in [7, 11) is 0. The first-order valence-electron chi connectivity index (χ1n) is 28.8. The largest absolute Gasteiger partial charge is 0.462 e. The first-order chi connectivity index (χ1) is 33.0. The molecule has 0 saturated carbocycles. The molecule has 388 valence electrons. The fourth-order valence-corrected chi connectivity index (χ4v) is 8.19. The molecule has 0 bridgehead atoms. The Morgan fingerprint density at radius 3 is 0.940 bits per heavy atom. The predicted octanol–water partition coefficient (Wildman–Crippen LogP) is 19.2. The number of esters is 3. The van der Waals surface area contributed by atoms with E-state index in [0.29, 0.717) is 19.3 Å². The number of allylic oxidation sites excluding steroid dienone is 10. The number of carbonyl (C=O) groups is 3. The molecule has 1 atom stereocenters. The number of rotatable bonds is 52. The first-order valence-corrected chi connectivity index (χ1v) is 28.8. The van der Waals surface area contributed by atoms with E-state index < -0.39 is 6.10 Å². The van der Waals surface area contributed by atoms with Crippen LogP contribution < -0.4 is 0 Å². The fourth-order valence-electron chi connectivity index (χ4n) is 8.19. The standard InChI is InChI=1S/C61H108O6/c1-4-7-10-13-16-19-22-25-28-29-30-31-34-36-39-42-45-48-51-54-60(63)66-57-58(67-61(64)55-52-49-46-43-40-37-33-27-24-21-18-15-12-9-6-3)56-65-59(62)53-50-47-44-41-38-35-32-26-23-20-17-14-11-8-5-2/h8,11,16-17,19-20,25-26,28,32,58H,4-7,9-10,12-15,18,21-24,27,29-31,33-57H2,1-3H3/b11-8-,19-16-,20-17-,28-25-,32-26-/t58-/m1/s1. The molecule has 6 heteroatoms. The molecular weight excluding hydrogens is 829 g/mol. The lowest BCUT2D eigenvalue weighted by atomic mass is 10.0. The van der Waals surface area contributed by atoms with Crippen LogP contribution in [0.25, 0.3) is 0 Å². The Kier molecular flexibility index (Phi) is 53.3. The van der Waals surface area contributed by atoms with Gasteiger partial charge in [-0.25, -0.2) is 0 Å². The molecule has 0 radical (unpaired) electrons. The molecule has 0 heterocycles. The Morgan fingerprint density at radius 1 is 0.313 bits per heavy atom. The SMILES string of the molecule is CC/C=C\C/C=C\C/C=C\CCCCCCCC(=O)OC[C@H](COC(=O)CCCCCCCCCCC/C=C\C/C=C\CCCCC)OC(=O)CCCCCCCCCCCCCCCCC. The second-order valence-corrected chi connectivity index (χ2v) is 19.2. The summed E-state index contributed by atoms with van der Waals surface area (Å²) >= 11 is 0. The third-order valence-corrected chi connectivity index (χ3v) is 12.5. The highest BCUT2D eigenvalue weighted by Gasteiger charge is 2.19. The van der Waals surface area contributed by atoms with Gasteiger partial charge in [-0.1, -0.05) is 248 Å². The van der Waals surface area contributed by atoms with Gasteiger partial charge in [-0.15, -0.1) is 0 Å². The van der Waals surface area contributed by atoms with Crippen LogP contribution in [-0.2, 0) is 28.6 Å². The molecule has 0 aromatic heterocycles. The maximum Gasteiger partial charge on any atom is 0.306 e. The molecule has 0 N–H and O–H groups in total. The van der Waals surface area contributed by atoms with Crippen LogP contribution in [0.1, 0.15) is 290 Å². The van der Waals surface area contributed by atoms with E-state index in [-0.39, 0.29) is 31.1 Å². The van der Waals surface area contributed by atoms with Crippen molar-refractivity contribution < 1.29 is 28.6 Å². The van der Waals surface area contributed by atoms with E-state index in [1.165, 1.54) is 148 Å². The topological polar surface area (TPSA) is 78.9 Å². The number of hydrogen-bond acceptors (Lipinski definition) is 6. The van der Waals surface area contributed by atoms with E-state index in [4.69, 9.17) is 14.2 Å². The van der Waals surface area contributed by atoms with E-state index in [2.05, 4.69) is 81.5 Å². The summed E-state index contributed by atoms with van der Waals surface area (Å²) in [5.41, 5.74) is 0. The Morgan fingerprint density at radius 2 is 0.582 bits per heavy atom. The Bertz CT molecular complexity index is 1210. The van der Waals surface area contributed by atoms with Gasteiger partial charge in [-0.2, -0.15) is 0 Å². The van der Waals surface area contributed by atoms with E-state index in [1.807, 2.05) is 0 Å². The van der Waals surface area contributed by atoms with Gasteiger partial charge in [0.15, 0.2) is 6.10 Å². The van der Waals surface area contributed by atoms with Gasteiger partial charge in [0.25, 0.3) is 0 Å². The highest BCUT2D eigenvalue weighted by atomic mass is 16.6. The van der Waals surface area contributed by atoms with Crippen molar-refractivity contribution in [1.82, 2.24) is 0 Å². The van der Waals surface area contributed by atoms with Crippen molar-refractivity contribution in [2.24, 2.45) is 0 Å². The van der Waals surface area contributed by atoms with Crippen molar-refractivity contribution in [2.75, 3.05) is 13.2 Å². The van der Waals surface area contributed by atoms with Gasteiger partial charge in [0.2, 0.25) is 0 Å². The average molecular weight is 938 g/mol. The fraction of sp³-hybridized carbons (Fsp3) is 0.787. The quantitative estimate of drug-likeness (QED) is 0.0262. The number of hydrogen-bond donors (Lipinski definition) is 0. The van der Waals surface area contributed by atoms with Crippen LogP contribution in [0.4, 0.5) is 0 Å². The molecule has 6 nitrogen and oxygen atoms in total. The zero-order chi connectivity index (χ0) is 48.6. The zero-order valence-corrected chi connectivity index (χ0v) is 44.4. The molecule has 0 unspecified atom stereocenters. The van der Waals surface area contributed by atoms with E-state index in [9.17, 15) is 14.4 Å². The van der Waals surface area contributed by atoms with Crippen molar-refractivity contribution in [2.45, 2.75) is 297 Å². The Balaban J connectivity index is 4.37. The molecule has 0 aromatic rings. The maximum absolute atomic E-state index is 12.8. The van der Waals surface area contributed by atoms with Crippen molar-refractivity contribution in [1.29, 1.82) is 0 Å². The Hall–Kier alpha value is -2.89. The number of unbranched alkanes of at least 4 members (excludes halogenated alkanes) is 31. The lowest BCUT2D eigenvalue weighted by Gasteiger charge is -2.18. The van der Waals surface area contributed by atoms with Crippen LogP contribution in [0.15, 0.2) is 60.8 Å². The van der Waals surface area contributed by atoms with Gasteiger partial charge in [-0.3, -0.25) is 14.4 Å². The third kappa shape index (κ3) is 53.9. The van der Waals surface area contributed by atoms with Crippen LogP contribution in [0, 0.1) is 0 Å². The summed E-state index contributed by atoms with van der Waals surface area (Å²) < 4.78 is 16.9. The van der Waals surface area contributed by atoms with Gasteiger partial charge in [0.05, 0.1) is 0 Å². The minimum atomic E-state index is -0.781. The lowest BCUT2D eigenvalue weighted by molar-refractivity contribution is -0.167. The summed E-state index contributed by atoms with van der Waals surface area (Å²) in [6.07, 6.45) is 69.2. The summed E-state index contributed by atoms with van der Waals surface area (Å²) in [4.78, 5) is 38.2. The molecule has 0 aromatic carbocycles. The normalized spacial score (nSPS) is 12.5. The molecule has 0 amide bonds. The van der Waals surface area contributed by atoms with Crippen LogP contribution in [0.5, 0.6) is 0 Å². The summed E-state index contributed by atoms with van der Waals surface area (Å²) in [6.45, 7) is 6.52. The highest BCUT2D eigenvalue weighted by Crippen LogP contribution is 2.16. The third-order valence-electron chi connectivity index (χ3n) is 12.5. The van der Waals surface area contributed by atoms with Gasteiger partial charge < -0.3 is 14.2 Å². The zero-order valence-electron chi connectivity index (χ0n) is 44.4. The summed E-state index contributed by atoms with van der Waals surface area (Å²) in [5, 5.41) is 0. The molecule has 0 aliphatic carbocycles. The van der Waals surface area contributed by atoms with Crippen LogP contribution in [-0.4, -0.2) is 37.2 Å². The number of ether oxygens (including phenoxy) is 3. The average Bonchev–Trinajstić information content (AvgIpc) is 3.33. The molecule has 0 aliphatic heterocycles. The minimum Gasteiger partial charge on any atom is -0.462 e. The molecule has 0 fully saturated rings. The molecule has 0 aliphatic rings. The van der Waals surface area contributed by atoms with Gasteiger partial charge >= 0.3 is 17.9 Å². The van der Waals surface area contributed by atoms with Gasteiger partial charge in [0, 0.05) is 19.3 Å². The first kappa shape index (κ1) is 64.1. The van der Waals surface area contributed by atoms with Crippen LogP contribution in [0.2, 0.25) is 0 Å². The molecule has 67 heavy (non-hydrogen) atoms. The summed E-state index contributed by atoms with van der Waals surface area (Å²) in [6, 6.07) is 0. The molecule has 0 spiro atoms. The van der Waals surface area contributed by atoms with Crippen LogP contribution >= 0.6 is 0 Å². The van der Waals surface area contributed by atoms with Crippen molar-refractivity contribution in [3.8, 4) is 0 Å².